The predicted molar refractivity (Wildman–Crippen MR) is 89.6 cm³/mol. The van der Waals surface area contributed by atoms with Gasteiger partial charge in [0.2, 0.25) is 17.5 Å². The summed E-state index contributed by atoms with van der Waals surface area (Å²) >= 11 is 0. The molecule has 2 aromatic heterocycles. The monoisotopic (exact) mass is 320 g/mol. The molecule has 0 unspecified atom stereocenters. The molecule has 0 fully saturated rings. The van der Waals surface area contributed by atoms with Crippen LogP contribution < -0.4 is 10.1 Å². The quantitative estimate of drug-likeness (QED) is 0.750. The van der Waals surface area contributed by atoms with E-state index >= 15 is 0 Å². The molecule has 0 aliphatic carbocycles. The lowest BCUT2D eigenvalue weighted by Gasteiger charge is -2.05. The highest BCUT2D eigenvalue weighted by Gasteiger charge is 2.14. The maximum atomic E-state index is 9.21. The van der Waals surface area contributed by atoms with Crippen LogP contribution in [0.5, 0.6) is 5.75 Å². The van der Waals surface area contributed by atoms with Crippen LogP contribution in [0.4, 0.5) is 5.88 Å². The molecule has 0 atom stereocenters. The summed E-state index contributed by atoms with van der Waals surface area (Å²) in [6.07, 6.45) is 4.11. The zero-order valence-electron chi connectivity index (χ0n) is 13.2. The summed E-state index contributed by atoms with van der Waals surface area (Å²) in [4.78, 5) is 8.23. The molecule has 2 heterocycles. The average Bonchev–Trinajstić information content (AvgIpc) is 3.06. The van der Waals surface area contributed by atoms with Crippen LogP contribution in [0.15, 0.2) is 53.2 Å². The summed E-state index contributed by atoms with van der Waals surface area (Å²) in [6.45, 7) is 0.628. The lowest BCUT2D eigenvalue weighted by atomic mass is 10.1. The van der Waals surface area contributed by atoms with E-state index in [-0.39, 0.29) is 5.69 Å². The van der Waals surface area contributed by atoms with Gasteiger partial charge in [0.1, 0.15) is 11.8 Å². The second-order valence-electron chi connectivity index (χ2n) is 5.08. The van der Waals surface area contributed by atoms with Gasteiger partial charge in [-0.05, 0) is 36.2 Å². The molecule has 3 rings (SSSR count). The number of nitrogens with one attached hydrogen (secondary N) is 1. The van der Waals surface area contributed by atoms with Gasteiger partial charge in [-0.25, -0.2) is 0 Å². The van der Waals surface area contributed by atoms with Gasteiger partial charge < -0.3 is 14.5 Å². The number of aromatic nitrogens is 2. The molecule has 0 aliphatic rings. The normalized spacial score (nSPS) is 10.2. The van der Waals surface area contributed by atoms with E-state index in [1.54, 1.807) is 25.6 Å². The Balaban J connectivity index is 1.66. The number of ether oxygens (including phenoxy) is 1. The van der Waals surface area contributed by atoms with Crippen molar-refractivity contribution in [2.45, 2.75) is 6.42 Å². The van der Waals surface area contributed by atoms with Crippen LogP contribution >= 0.6 is 0 Å². The topological polar surface area (TPSA) is 84.0 Å². The summed E-state index contributed by atoms with van der Waals surface area (Å²) < 4.78 is 10.8. The number of pyridine rings is 1. The van der Waals surface area contributed by atoms with Crippen LogP contribution in [0.1, 0.15) is 11.3 Å². The van der Waals surface area contributed by atoms with Gasteiger partial charge in [-0.3, -0.25) is 4.98 Å². The minimum atomic E-state index is 0.239. The standard InChI is InChI=1S/C18H16N4O2/c1-23-15-6-4-13(5-7-15)8-10-21-18-16(11-19)22-17(24-18)14-3-2-9-20-12-14/h2-7,9,12,21H,8,10H2,1H3. The first kappa shape index (κ1) is 15.6. The lowest BCUT2D eigenvalue weighted by molar-refractivity contribution is 0.414. The summed E-state index contributed by atoms with van der Waals surface area (Å²) in [5.41, 5.74) is 2.13. The highest BCUT2D eigenvalue weighted by Crippen LogP contribution is 2.24. The van der Waals surface area contributed by atoms with Crippen LogP contribution in [0.2, 0.25) is 0 Å². The molecule has 0 spiro atoms. The molecule has 0 radical (unpaired) electrons. The fourth-order valence-corrected chi connectivity index (χ4v) is 2.24. The fourth-order valence-electron chi connectivity index (χ4n) is 2.24. The van der Waals surface area contributed by atoms with E-state index in [1.165, 1.54) is 0 Å². The maximum absolute atomic E-state index is 9.21. The van der Waals surface area contributed by atoms with Gasteiger partial charge in [0, 0.05) is 18.9 Å². The van der Waals surface area contributed by atoms with Crippen LogP contribution in [0.3, 0.4) is 0 Å². The number of nitrogens with zero attached hydrogens (tertiary/aromatic N) is 3. The third-order valence-electron chi connectivity index (χ3n) is 3.50. The van der Waals surface area contributed by atoms with Crippen molar-refractivity contribution < 1.29 is 9.15 Å². The molecule has 3 aromatic rings. The Bertz CT molecular complexity index is 836. The molecule has 0 saturated heterocycles. The third kappa shape index (κ3) is 3.52. The van der Waals surface area contributed by atoms with Gasteiger partial charge in [0.15, 0.2) is 0 Å². The Kier molecular flexibility index (Phi) is 4.73. The second-order valence-corrected chi connectivity index (χ2v) is 5.08. The molecule has 0 saturated carbocycles. The molecule has 1 N–H and O–H groups in total. The molecule has 0 bridgehead atoms. The second kappa shape index (κ2) is 7.29. The van der Waals surface area contributed by atoms with Crippen molar-refractivity contribution >= 4 is 5.88 Å². The largest absolute Gasteiger partial charge is 0.497 e. The third-order valence-corrected chi connectivity index (χ3v) is 3.50. The number of hydrogen-bond acceptors (Lipinski definition) is 6. The highest BCUT2D eigenvalue weighted by atomic mass is 16.5. The zero-order chi connectivity index (χ0) is 16.8. The van der Waals surface area contributed by atoms with Crippen LogP contribution in [-0.2, 0) is 6.42 Å². The summed E-state index contributed by atoms with van der Waals surface area (Å²) in [5, 5.41) is 12.3. The molecular weight excluding hydrogens is 304 g/mol. The molecule has 0 aliphatic heterocycles. The molecule has 1 aromatic carbocycles. The Hall–Kier alpha value is -3.33. The number of anilines is 1. The van der Waals surface area contributed by atoms with Crippen molar-refractivity contribution in [2.75, 3.05) is 19.0 Å². The van der Waals surface area contributed by atoms with Crippen molar-refractivity contribution in [2.24, 2.45) is 0 Å². The first-order chi connectivity index (χ1) is 11.8. The van der Waals surface area contributed by atoms with Crippen molar-refractivity contribution in [3.05, 3.63) is 60.0 Å². The molecular formula is C18H16N4O2. The van der Waals surface area contributed by atoms with E-state index in [0.717, 1.165) is 23.3 Å². The molecule has 6 heteroatoms. The summed E-state index contributed by atoms with van der Waals surface area (Å²) in [7, 11) is 1.64. The van der Waals surface area contributed by atoms with Gasteiger partial charge in [0.25, 0.3) is 0 Å². The minimum Gasteiger partial charge on any atom is -0.497 e. The smallest absolute Gasteiger partial charge is 0.232 e. The molecule has 6 nitrogen and oxygen atoms in total. The minimum absolute atomic E-state index is 0.239. The molecule has 0 amide bonds. The number of hydrogen-bond donors (Lipinski definition) is 1. The van der Waals surface area contributed by atoms with Gasteiger partial charge >= 0.3 is 0 Å². The van der Waals surface area contributed by atoms with E-state index in [9.17, 15) is 5.26 Å². The predicted octanol–water partition coefficient (Wildman–Crippen LogP) is 3.27. The van der Waals surface area contributed by atoms with Gasteiger partial charge in [-0.1, -0.05) is 12.1 Å². The maximum Gasteiger partial charge on any atom is 0.232 e. The zero-order valence-corrected chi connectivity index (χ0v) is 13.2. The average molecular weight is 320 g/mol. The van der Waals surface area contributed by atoms with E-state index in [0.29, 0.717) is 18.3 Å². The van der Waals surface area contributed by atoms with E-state index in [1.807, 2.05) is 36.4 Å². The van der Waals surface area contributed by atoms with Crippen LogP contribution in [0.25, 0.3) is 11.5 Å². The number of rotatable bonds is 6. The van der Waals surface area contributed by atoms with Gasteiger partial charge in [-0.15, -0.1) is 0 Å². The Morgan fingerprint density at radius 1 is 1.25 bits per heavy atom. The number of oxazole rings is 1. The van der Waals surface area contributed by atoms with Crippen molar-refractivity contribution in [1.82, 2.24) is 9.97 Å². The van der Waals surface area contributed by atoms with Crippen molar-refractivity contribution in [1.29, 1.82) is 5.26 Å². The van der Waals surface area contributed by atoms with Crippen LogP contribution in [0, 0.1) is 11.3 Å². The van der Waals surface area contributed by atoms with Gasteiger partial charge in [0.05, 0.1) is 12.7 Å². The van der Waals surface area contributed by atoms with Crippen molar-refractivity contribution in [3.8, 4) is 23.3 Å². The Morgan fingerprint density at radius 2 is 2.08 bits per heavy atom. The van der Waals surface area contributed by atoms with E-state index in [2.05, 4.69) is 15.3 Å². The Labute approximate surface area is 139 Å². The summed E-state index contributed by atoms with van der Waals surface area (Å²) in [6, 6.07) is 13.5. The summed E-state index contributed by atoms with van der Waals surface area (Å²) in [5.74, 6) is 1.59. The SMILES string of the molecule is COc1ccc(CCNc2oc(-c3cccnc3)nc2C#N)cc1. The van der Waals surface area contributed by atoms with Crippen molar-refractivity contribution in [3.63, 3.8) is 0 Å². The first-order valence-corrected chi connectivity index (χ1v) is 7.48. The first-order valence-electron chi connectivity index (χ1n) is 7.48. The fraction of sp³-hybridized carbons (Fsp3) is 0.167. The molecule has 120 valence electrons. The number of methoxy groups -OCH3 is 1. The van der Waals surface area contributed by atoms with Crippen LogP contribution in [-0.4, -0.2) is 23.6 Å². The lowest BCUT2D eigenvalue weighted by Crippen LogP contribution is -2.05. The molecule has 24 heavy (non-hydrogen) atoms. The van der Waals surface area contributed by atoms with E-state index in [4.69, 9.17) is 9.15 Å². The highest BCUT2D eigenvalue weighted by molar-refractivity contribution is 5.57. The number of benzene rings is 1. The number of nitriles is 1. The van der Waals surface area contributed by atoms with Gasteiger partial charge in [-0.2, -0.15) is 10.2 Å². The van der Waals surface area contributed by atoms with E-state index < -0.39 is 0 Å². The Morgan fingerprint density at radius 3 is 2.75 bits per heavy atom.